The van der Waals surface area contributed by atoms with Gasteiger partial charge in [0.2, 0.25) is 5.91 Å². The Morgan fingerprint density at radius 1 is 1.19 bits per heavy atom. The highest BCUT2D eigenvalue weighted by molar-refractivity contribution is 6.08. The summed E-state index contributed by atoms with van der Waals surface area (Å²) in [6, 6.07) is 5.13. The first-order valence-corrected chi connectivity index (χ1v) is 9.18. The second-order valence-corrected chi connectivity index (χ2v) is 7.15. The molecule has 1 spiro atoms. The molecule has 2 aromatic rings. The highest BCUT2D eigenvalue weighted by Gasteiger charge is 2.55. The fourth-order valence-electron chi connectivity index (χ4n) is 4.06. The lowest BCUT2D eigenvalue weighted by molar-refractivity contribution is -0.137. The van der Waals surface area contributed by atoms with Crippen molar-refractivity contribution in [2.45, 2.75) is 44.2 Å². The predicted octanol–water partition coefficient (Wildman–Crippen LogP) is 0.942. The van der Waals surface area contributed by atoms with Crippen LogP contribution in [-0.2, 0) is 16.1 Å². The van der Waals surface area contributed by atoms with Gasteiger partial charge in [0, 0.05) is 13.2 Å². The molecule has 0 atom stereocenters. The number of urea groups is 1. The molecule has 3 heterocycles. The van der Waals surface area contributed by atoms with Gasteiger partial charge in [-0.3, -0.25) is 18.9 Å². The van der Waals surface area contributed by atoms with Crippen LogP contribution in [0.3, 0.4) is 0 Å². The van der Waals surface area contributed by atoms with Gasteiger partial charge in [-0.15, -0.1) is 10.2 Å². The Bertz CT molecular complexity index is 901. The lowest BCUT2D eigenvalue weighted by atomic mass is 9.81. The van der Waals surface area contributed by atoms with Gasteiger partial charge < -0.3 is 10.2 Å². The van der Waals surface area contributed by atoms with Gasteiger partial charge in [0.15, 0.2) is 11.5 Å². The van der Waals surface area contributed by atoms with Gasteiger partial charge in [-0.2, -0.15) is 0 Å². The Morgan fingerprint density at radius 2 is 1.96 bits per heavy atom. The van der Waals surface area contributed by atoms with E-state index in [1.165, 1.54) is 4.90 Å². The van der Waals surface area contributed by atoms with Crippen molar-refractivity contribution in [1.29, 1.82) is 0 Å². The number of carbonyl (C=O) groups is 3. The van der Waals surface area contributed by atoms with Crippen molar-refractivity contribution in [3.63, 3.8) is 0 Å². The molecule has 1 aliphatic carbocycles. The standard InChI is InChI=1S/C18H22N6O3/c1-22-17(27)24(16(26)18(22)8-4-2-5-9-18)12-15(25)19-11-14-21-20-13-7-3-6-10-23(13)14/h3,6-7,10H,2,4-5,8-9,11-12H2,1H3,(H,19,25). The average Bonchev–Trinajstić information content (AvgIpc) is 3.18. The summed E-state index contributed by atoms with van der Waals surface area (Å²) in [5.41, 5.74) is -0.0775. The van der Waals surface area contributed by atoms with E-state index < -0.39 is 17.5 Å². The number of hydrogen-bond acceptors (Lipinski definition) is 5. The minimum Gasteiger partial charge on any atom is -0.347 e. The Labute approximate surface area is 156 Å². The first kappa shape index (κ1) is 17.4. The largest absolute Gasteiger partial charge is 0.347 e. The van der Waals surface area contributed by atoms with Crippen LogP contribution in [0.15, 0.2) is 24.4 Å². The summed E-state index contributed by atoms with van der Waals surface area (Å²) in [6.07, 6.45) is 6.05. The third-order valence-electron chi connectivity index (χ3n) is 5.61. The number of nitrogens with zero attached hydrogens (tertiary/aromatic N) is 5. The number of hydrogen-bond donors (Lipinski definition) is 1. The summed E-state index contributed by atoms with van der Waals surface area (Å²) in [5.74, 6) is -0.0673. The summed E-state index contributed by atoms with van der Waals surface area (Å²) in [4.78, 5) is 40.4. The molecule has 0 aromatic carbocycles. The van der Waals surface area contributed by atoms with Crippen molar-refractivity contribution in [3.8, 4) is 0 Å². The van der Waals surface area contributed by atoms with Crippen molar-refractivity contribution < 1.29 is 14.4 Å². The predicted molar refractivity (Wildman–Crippen MR) is 95.5 cm³/mol. The summed E-state index contributed by atoms with van der Waals surface area (Å²) < 4.78 is 1.78. The molecule has 0 unspecified atom stereocenters. The molecule has 1 N–H and O–H groups in total. The van der Waals surface area contributed by atoms with Crippen LogP contribution < -0.4 is 5.32 Å². The summed E-state index contributed by atoms with van der Waals surface area (Å²) in [7, 11) is 1.66. The fraction of sp³-hybridized carbons (Fsp3) is 0.500. The maximum atomic E-state index is 12.9. The molecule has 2 fully saturated rings. The molecule has 9 nitrogen and oxygen atoms in total. The minimum atomic E-state index is -0.765. The van der Waals surface area contributed by atoms with Gasteiger partial charge in [0.1, 0.15) is 12.1 Å². The average molecular weight is 370 g/mol. The van der Waals surface area contributed by atoms with E-state index in [-0.39, 0.29) is 19.0 Å². The number of pyridine rings is 1. The minimum absolute atomic E-state index is 0.168. The van der Waals surface area contributed by atoms with E-state index in [1.54, 1.807) is 11.4 Å². The van der Waals surface area contributed by atoms with Crippen molar-refractivity contribution in [2.75, 3.05) is 13.6 Å². The third kappa shape index (κ3) is 2.83. The second kappa shape index (κ2) is 6.64. The van der Waals surface area contributed by atoms with E-state index in [0.717, 1.165) is 24.2 Å². The molecule has 27 heavy (non-hydrogen) atoms. The zero-order chi connectivity index (χ0) is 19.0. The summed E-state index contributed by atoms with van der Waals surface area (Å²) in [6.45, 7) is -0.109. The summed E-state index contributed by atoms with van der Waals surface area (Å²) >= 11 is 0. The number of fused-ring (bicyclic) bond motifs is 1. The number of aromatic nitrogens is 3. The Kier molecular flexibility index (Phi) is 4.29. The molecule has 0 bridgehead atoms. The maximum Gasteiger partial charge on any atom is 0.327 e. The maximum absolute atomic E-state index is 12.9. The van der Waals surface area contributed by atoms with Gasteiger partial charge in [0.25, 0.3) is 5.91 Å². The Hall–Kier alpha value is -2.97. The van der Waals surface area contributed by atoms with Gasteiger partial charge in [-0.1, -0.05) is 25.3 Å². The van der Waals surface area contributed by atoms with Crippen LogP contribution in [-0.4, -0.2) is 61.4 Å². The van der Waals surface area contributed by atoms with Crippen molar-refractivity contribution >= 4 is 23.5 Å². The van der Waals surface area contributed by atoms with Crippen molar-refractivity contribution in [1.82, 2.24) is 29.7 Å². The van der Waals surface area contributed by atoms with Crippen LogP contribution in [0.5, 0.6) is 0 Å². The fourth-order valence-corrected chi connectivity index (χ4v) is 4.06. The summed E-state index contributed by atoms with van der Waals surface area (Å²) in [5, 5.41) is 10.8. The second-order valence-electron chi connectivity index (χ2n) is 7.15. The Morgan fingerprint density at radius 3 is 2.74 bits per heavy atom. The Balaban J connectivity index is 1.42. The van der Waals surface area contributed by atoms with Gasteiger partial charge in [-0.25, -0.2) is 4.79 Å². The molecule has 1 saturated heterocycles. The van der Waals surface area contributed by atoms with Crippen molar-refractivity contribution in [3.05, 3.63) is 30.2 Å². The molecular weight excluding hydrogens is 348 g/mol. The van der Waals surface area contributed by atoms with Crippen LogP contribution in [0.2, 0.25) is 0 Å². The van der Waals surface area contributed by atoms with Gasteiger partial charge in [-0.05, 0) is 25.0 Å². The van der Waals surface area contributed by atoms with E-state index in [2.05, 4.69) is 15.5 Å². The molecule has 4 rings (SSSR count). The van der Waals surface area contributed by atoms with Crippen LogP contribution in [0, 0.1) is 0 Å². The third-order valence-corrected chi connectivity index (χ3v) is 5.61. The van der Waals surface area contributed by atoms with Gasteiger partial charge >= 0.3 is 6.03 Å². The zero-order valence-corrected chi connectivity index (χ0v) is 15.2. The van der Waals surface area contributed by atoms with E-state index in [9.17, 15) is 14.4 Å². The molecule has 9 heteroatoms. The van der Waals surface area contributed by atoms with Crippen LogP contribution in [0.25, 0.3) is 5.65 Å². The number of imide groups is 1. The molecule has 4 amide bonds. The van der Waals surface area contributed by atoms with Crippen LogP contribution in [0.4, 0.5) is 4.79 Å². The lowest BCUT2D eigenvalue weighted by Crippen LogP contribution is -2.49. The molecule has 142 valence electrons. The first-order valence-electron chi connectivity index (χ1n) is 9.18. The van der Waals surface area contributed by atoms with Crippen molar-refractivity contribution in [2.24, 2.45) is 0 Å². The molecular formula is C18H22N6O3. The number of likely N-dealkylation sites (N-methyl/N-ethyl adjacent to an activating group) is 1. The van der Waals surface area contributed by atoms with Gasteiger partial charge in [0.05, 0.1) is 6.54 Å². The van der Waals surface area contributed by atoms with E-state index >= 15 is 0 Å². The van der Waals surface area contributed by atoms with Crippen LogP contribution >= 0.6 is 0 Å². The van der Waals surface area contributed by atoms with E-state index in [0.29, 0.717) is 24.3 Å². The lowest BCUT2D eigenvalue weighted by Gasteiger charge is -2.35. The normalized spacial score (nSPS) is 19.3. The first-order chi connectivity index (χ1) is 13.0. The smallest absolute Gasteiger partial charge is 0.327 e. The monoisotopic (exact) mass is 370 g/mol. The highest BCUT2D eigenvalue weighted by atomic mass is 16.2. The molecule has 0 radical (unpaired) electrons. The van der Waals surface area contributed by atoms with Crippen LogP contribution in [0.1, 0.15) is 37.9 Å². The SMILES string of the molecule is CN1C(=O)N(CC(=O)NCc2nnc3ccccn23)C(=O)C12CCCCC2. The quantitative estimate of drug-likeness (QED) is 0.808. The topological polar surface area (TPSA) is 99.9 Å². The van der Waals surface area contributed by atoms with E-state index in [4.69, 9.17) is 0 Å². The zero-order valence-electron chi connectivity index (χ0n) is 15.2. The van der Waals surface area contributed by atoms with E-state index in [1.807, 2.05) is 24.4 Å². The number of nitrogens with one attached hydrogen (secondary N) is 1. The molecule has 1 aliphatic heterocycles. The molecule has 1 saturated carbocycles. The molecule has 2 aliphatic rings. The molecule has 2 aromatic heterocycles. The highest BCUT2D eigenvalue weighted by Crippen LogP contribution is 2.39. The number of amides is 4. The number of carbonyl (C=O) groups excluding carboxylic acids is 3. The number of rotatable bonds is 4.